The van der Waals surface area contributed by atoms with Gasteiger partial charge in [0, 0.05) is 44.5 Å². The van der Waals surface area contributed by atoms with E-state index in [1.165, 1.54) is 22.8 Å². The summed E-state index contributed by atoms with van der Waals surface area (Å²) in [5, 5.41) is 7.31. The van der Waals surface area contributed by atoms with E-state index in [2.05, 4.69) is 20.4 Å². The van der Waals surface area contributed by atoms with Crippen molar-refractivity contribution in [2.75, 3.05) is 18.2 Å². The topological polar surface area (TPSA) is 121 Å². The first kappa shape index (κ1) is 29.2. The van der Waals surface area contributed by atoms with Gasteiger partial charge in [-0.15, -0.1) is 0 Å². The molecule has 6 rings (SSSR count). The predicted octanol–water partition coefficient (Wildman–Crippen LogP) is 5.38. The van der Waals surface area contributed by atoms with Gasteiger partial charge in [0.2, 0.25) is 0 Å². The Morgan fingerprint density at radius 2 is 1.93 bits per heavy atom. The van der Waals surface area contributed by atoms with E-state index in [-0.39, 0.29) is 33.1 Å². The molecule has 0 spiro atoms. The summed E-state index contributed by atoms with van der Waals surface area (Å²) in [6.07, 6.45) is -0.201. The van der Waals surface area contributed by atoms with E-state index in [4.69, 9.17) is 4.74 Å². The van der Waals surface area contributed by atoms with Crippen LogP contribution in [0.2, 0.25) is 0 Å². The van der Waals surface area contributed by atoms with E-state index in [1.54, 1.807) is 30.1 Å². The molecule has 2 unspecified atom stereocenters. The van der Waals surface area contributed by atoms with Gasteiger partial charge in [-0.05, 0) is 43.5 Å². The van der Waals surface area contributed by atoms with Crippen molar-refractivity contribution in [1.29, 1.82) is 0 Å². The molecule has 3 aromatic heterocycles. The fraction of sp³-hybridized carbons (Fsp3) is 0.429. The molecule has 228 valence electrons. The molecule has 1 saturated carbocycles. The number of halogens is 4. The maximum absolute atomic E-state index is 14.3. The number of ketones is 1. The highest BCUT2D eigenvalue weighted by atomic mass is 32.2. The van der Waals surface area contributed by atoms with Gasteiger partial charge in [0.1, 0.15) is 17.5 Å². The average Bonchev–Trinajstić information content (AvgIpc) is 3.24. The third kappa shape index (κ3) is 5.75. The number of sulfone groups is 1. The standard InChI is InChI=1S/C28H28F4N6O4S/c1-37-9-8-18(36-37)15-6-7-19(22(11-15)43(2,40)41)34-20-12-16(13-21(39)17-14-28(17,31)32)33-26-24(20)35-27(25(29)30)38(26)23-5-3-4-10-42-23/h6-9,11-12,17,23,25H,3-5,10,13-14H2,1-2H3,(H,33,34). The van der Waals surface area contributed by atoms with Gasteiger partial charge in [0.25, 0.3) is 12.3 Å². The van der Waals surface area contributed by atoms with Crippen LogP contribution >= 0.6 is 0 Å². The quantitative estimate of drug-likeness (QED) is 0.248. The lowest BCUT2D eigenvalue weighted by atomic mass is 10.1. The maximum Gasteiger partial charge on any atom is 0.295 e. The molecule has 1 aliphatic carbocycles. The number of aryl methyl sites for hydroxylation is 1. The zero-order valence-corrected chi connectivity index (χ0v) is 24.0. The Kier molecular flexibility index (Phi) is 7.27. The molecule has 0 radical (unpaired) electrons. The lowest BCUT2D eigenvalue weighted by Crippen LogP contribution is -2.21. The van der Waals surface area contributed by atoms with Crippen LogP contribution in [-0.4, -0.2) is 57.3 Å². The minimum Gasteiger partial charge on any atom is -0.358 e. The summed E-state index contributed by atoms with van der Waals surface area (Å²) >= 11 is 0. The number of nitrogens with one attached hydrogen (secondary N) is 1. The van der Waals surface area contributed by atoms with Gasteiger partial charge in [0.05, 0.1) is 33.6 Å². The summed E-state index contributed by atoms with van der Waals surface area (Å²) < 4.78 is 90.2. The Balaban J connectivity index is 1.49. The van der Waals surface area contributed by atoms with Crippen molar-refractivity contribution in [1.82, 2.24) is 24.3 Å². The molecule has 4 aromatic rings. The predicted molar refractivity (Wildman–Crippen MR) is 148 cm³/mol. The fourth-order valence-corrected chi connectivity index (χ4v) is 6.21. The molecular weight excluding hydrogens is 592 g/mol. The number of carbonyl (C=O) groups excluding carboxylic acids is 1. The van der Waals surface area contributed by atoms with Crippen molar-refractivity contribution in [3.63, 3.8) is 0 Å². The van der Waals surface area contributed by atoms with Crippen LogP contribution in [0.5, 0.6) is 0 Å². The number of hydrogen-bond acceptors (Lipinski definition) is 8. The van der Waals surface area contributed by atoms with E-state index in [9.17, 15) is 30.8 Å². The van der Waals surface area contributed by atoms with Crippen molar-refractivity contribution in [3.8, 4) is 11.3 Å². The largest absolute Gasteiger partial charge is 0.358 e. The van der Waals surface area contributed by atoms with Crippen LogP contribution in [0, 0.1) is 5.92 Å². The number of aromatic nitrogens is 5. The minimum atomic E-state index is -3.82. The molecular formula is C28H28F4N6O4S. The summed E-state index contributed by atoms with van der Waals surface area (Å²) in [5.74, 6) is -5.85. The number of rotatable bonds is 9. The van der Waals surface area contributed by atoms with Crippen molar-refractivity contribution < 1.29 is 35.5 Å². The number of carbonyl (C=O) groups is 1. The van der Waals surface area contributed by atoms with Gasteiger partial charge in [-0.3, -0.25) is 14.0 Å². The number of imidazole rings is 1. The maximum atomic E-state index is 14.3. The second-order valence-corrected chi connectivity index (χ2v) is 12.9. The van der Waals surface area contributed by atoms with E-state index < -0.39 is 58.8 Å². The van der Waals surface area contributed by atoms with Gasteiger partial charge < -0.3 is 10.1 Å². The monoisotopic (exact) mass is 620 g/mol. The molecule has 0 bridgehead atoms. The first-order valence-corrected chi connectivity index (χ1v) is 15.5. The van der Waals surface area contributed by atoms with Crippen molar-refractivity contribution >= 4 is 38.2 Å². The molecule has 1 saturated heterocycles. The van der Waals surface area contributed by atoms with Crippen LogP contribution in [0.1, 0.15) is 49.9 Å². The van der Waals surface area contributed by atoms with Gasteiger partial charge in [-0.25, -0.2) is 35.9 Å². The smallest absolute Gasteiger partial charge is 0.295 e. The Morgan fingerprint density at radius 3 is 2.53 bits per heavy atom. The average molecular weight is 621 g/mol. The lowest BCUT2D eigenvalue weighted by molar-refractivity contribution is -0.121. The van der Waals surface area contributed by atoms with Crippen LogP contribution in [0.3, 0.4) is 0 Å². The van der Waals surface area contributed by atoms with Gasteiger partial charge in [0.15, 0.2) is 21.3 Å². The Hall–Kier alpha value is -3.85. The Bertz CT molecular complexity index is 1830. The molecule has 15 heteroatoms. The molecule has 43 heavy (non-hydrogen) atoms. The second-order valence-electron chi connectivity index (χ2n) is 10.9. The molecule has 2 atom stereocenters. The molecule has 2 aliphatic rings. The fourth-order valence-electron chi connectivity index (χ4n) is 5.35. The number of nitrogens with zero attached hydrogens (tertiary/aromatic N) is 5. The first-order valence-electron chi connectivity index (χ1n) is 13.6. The highest BCUT2D eigenvalue weighted by Gasteiger charge is 2.60. The van der Waals surface area contributed by atoms with Crippen LogP contribution in [-0.2, 0) is 32.8 Å². The Labute approximate surface area is 244 Å². The SMILES string of the molecule is Cn1ccc(-c2ccc(Nc3cc(CC(=O)C4CC4(F)F)nc4c3nc(C(F)F)n4C3CCCCO3)c(S(C)(=O)=O)c2)n1. The number of hydrogen-bond donors (Lipinski definition) is 1. The molecule has 2 fully saturated rings. The molecule has 0 amide bonds. The summed E-state index contributed by atoms with van der Waals surface area (Å²) in [5.41, 5.74) is 1.28. The summed E-state index contributed by atoms with van der Waals surface area (Å²) in [7, 11) is -2.10. The second kappa shape index (κ2) is 10.7. The zero-order chi connectivity index (χ0) is 30.7. The van der Waals surface area contributed by atoms with Crippen LogP contribution in [0.25, 0.3) is 22.4 Å². The summed E-state index contributed by atoms with van der Waals surface area (Å²) in [6.45, 7) is 0.341. The van der Waals surface area contributed by atoms with Crippen LogP contribution in [0.4, 0.5) is 28.9 Å². The number of fused-ring (bicyclic) bond motifs is 1. The lowest BCUT2D eigenvalue weighted by Gasteiger charge is -2.25. The highest BCUT2D eigenvalue weighted by molar-refractivity contribution is 7.90. The number of ether oxygens (including phenoxy) is 1. The number of anilines is 2. The number of alkyl halides is 4. The molecule has 1 aromatic carbocycles. The highest BCUT2D eigenvalue weighted by Crippen LogP contribution is 2.49. The van der Waals surface area contributed by atoms with E-state index >= 15 is 0 Å². The van der Waals surface area contributed by atoms with Gasteiger partial charge in [-0.1, -0.05) is 6.07 Å². The minimum absolute atomic E-state index is 0.00863. The normalized spacial score (nSPS) is 20.1. The molecule has 10 nitrogen and oxygen atoms in total. The first-order chi connectivity index (χ1) is 20.3. The van der Waals surface area contributed by atoms with Crippen molar-refractivity contribution in [2.45, 2.75) is 55.6 Å². The molecule has 1 aliphatic heterocycles. The van der Waals surface area contributed by atoms with E-state index in [1.807, 2.05) is 0 Å². The molecule has 1 N–H and O–H groups in total. The third-order valence-electron chi connectivity index (χ3n) is 7.60. The van der Waals surface area contributed by atoms with Crippen LogP contribution in [0.15, 0.2) is 41.4 Å². The zero-order valence-electron chi connectivity index (χ0n) is 23.2. The Morgan fingerprint density at radius 1 is 1.16 bits per heavy atom. The number of Topliss-reactive ketones (excluding diaryl/α,β-unsaturated/α-hetero) is 1. The molecule has 4 heterocycles. The van der Waals surface area contributed by atoms with E-state index in [0.717, 1.165) is 12.7 Å². The van der Waals surface area contributed by atoms with Gasteiger partial charge >= 0.3 is 0 Å². The number of pyridine rings is 1. The van der Waals surface area contributed by atoms with Crippen LogP contribution < -0.4 is 5.32 Å². The van der Waals surface area contributed by atoms with E-state index in [0.29, 0.717) is 30.7 Å². The van der Waals surface area contributed by atoms with Gasteiger partial charge in [-0.2, -0.15) is 5.10 Å². The van der Waals surface area contributed by atoms with Crippen molar-refractivity contribution in [2.24, 2.45) is 13.0 Å². The third-order valence-corrected chi connectivity index (χ3v) is 8.73. The summed E-state index contributed by atoms with van der Waals surface area (Å²) in [4.78, 5) is 21.2. The van der Waals surface area contributed by atoms with Crippen molar-refractivity contribution in [3.05, 3.63) is 48.0 Å². The number of benzene rings is 1. The summed E-state index contributed by atoms with van der Waals surface area (Å²) in [6, 6.07) is 7.68.